The van der Waals surface area contributed by atoms with Crippen LogP contribution in [0.5, 0.6) is 5.75 Å². The van der Waals surface area contributed by atoms with E-state index >= 15 is 0 Å². The van der Waals surface area contributed by atoms with Crippen molar-refractivity contribution >= 4 is 33.4 Å². The van der Waals surface area contributed by atoms with Crippen LogP contribution in [-0.4, -0.2) is 61.7 Å². The molecule has 0 fully saturated rings. The molecule has 1 atom stereocenters. The van der Waals surface area contributed by atoms with Crippen molar-refractivity contribution in [1.82, 2.24) is 14.5 Å². The third-order valence-electron chi connectivity index (χ3n) is 5.06. The van der Waals surface area contributed by atoms with Crippen molar-refractivity contribution in [3.63, 3.8) is 0 Å². The van der Waals surface area contributed by atoms with Gasteiger partial charge in [-0.25, -0.2) is 8.42 Å². The molecule has 0 aliphatic rings. The van der Waals surface area contributed by atoms with Crippen molar-refractivity contribution < 1.29 is 22.7 Å². The molecular formula is C24H32ClN3O5S. The highest BCUT2D eigenvalue weighted by molar-refractivity contribution is 7.89. The zero-order chi connectivity index (χ0) is 25.7. The minimum Gasteiger partial charge on any atom is -0.497 e. The van der Waals surface area contributed by atoms with Gasteiger partial charge in [-0.3, -0.25) is 9.59 Å². The number of hydrogen-bond acceptors (Lipinski definition) is 5. The molecule has 186 valence electrons. The zero-order valence-electron chi connectivity index (χ0n) is 20.3. The molecule has 8 nitrogen and oxygen atoms in total. The van der Waals surface area contributed by atoms with E-state index in [0.29, 0.717) is 10.8 Å². The lowest BCUT2D eigenvalue weighted by atomic mass is 10.1. The van der Waals surface area contributed by atoms with Crippen LogP contribution in [0.25, 0.3) is 0 Å². The van der Waals surface area contributed by atoms with Crippen LogP contribution < -0.4 is 10.1 Å². The van der Waals surface area contributed by atoms with Gasteiger partial charge in [0.05, 0.1) is 18.6 Å². The average molecular weight is 510 g/mol. The van der Waals surface area contributed by atoms with Crippen molar-refractivity contribution in [2.75, 3.05) is 20.7 Å². The molecule has 0 saturated heterocycles. The van der Waals surface area contributed by atoms with Crippen LogP contribution in [0.15, 0.2) is 53.4 Å². The fourth-order valence-corrected chi connectivity index (χ4v) is 4.38. The minimum atomic E-state index is -3.93. The number of sulfonamides is 1. The molecule has 0 radical (unpaired) electrons. The van der Waals surface area contributed by atoms with Gasteiger partial charge in [0, 0.05) is 24.2 Å². The molecule has 1 N–H and O–H groups in total. The summed E-state index contributed by atoms with van der Waals surface area (Å²) in [6.07, 6.45) is 0. The first-order valence-corrected chi connectivity index (χ1v) is 12.5. The number of benzene rings is 2. The summed E-state index contributed by atoms with van der Waals surface area (Å²) >= 11 is 5.86. The Kier molecular flexibility index (Phi) is 9.10. The summed E-state index contributed by atoms with van der Waals surface area (Å²) in [5.41, 5.74) is 0.280. The zero-order valence-corrected chi connectivity index (χ0v) is 21.9. The van der Waals surface area contributed by atoms with Crippen molar-refractivity contribution in [2.24, 2.45) is 0 Å². The normalized spacial score (nSPS) is 12.8. The largest absolute Gasteiger partial charge is 0.497 e. The van der Waals surface area contributed by atoms with E-state index in [1.165, 1.54) is 36.2 Å². The Labute approximate surface area is 206 Å². The number of halogens is 1. The van der Waals surface area contributed by atoms with Crippen LogP contribution in [0.1, 0.15) is 33.3 Å². The van der Waals surface area contributed by atoms with E-state index in [4.69, 9.17) is 16.3 Å². The number of amides is 2. The molecule has 0 bridgehead atoms. The van der Waals surface area contributed by atoms with Crippen LogP contribution in [-0.2, 0) is 26.2 Å². The molecular weight excluding hydrogens is 478 g/mol. The number of carbonyl (C=O) groups is 2. The number of rotatable bonds is 9. The van der Waals surface area contributed by atoms with Crippen molar-refractivity contribution in [3.05, 3.63) is 59.1 Å². The van der Waals surface area contributed by atoms with E-state index < -0.39 is 34.1 Å². The van der Waals surface area contributed by atoms with Gasteiger partial charge in [-0.05, 0) is 69.7 Å². The topological polar surface area (TPSA) is 96.0 Å². The molecule has 0 spiro atoms. The molecule has 2 amide bonds. The molecule has 0 heterocycles. The van der Waals surface area contributed by atoms with Crippen LogP contribution in [0, 0.1) is 0 Å². The molecule has 2 aromatic rings. The lowest BCUT2D eigenvalue weighted by molar-refractivity contribution is -0.141. The third kappa shape index (κ3) is 7.44. The summed E-state index contributed by atoms with van der Waals surface area (Å²) in [6.45, 7) is 6.85. The smallest absolute Gasteiger partial charge is 0.243 e. The Balaban J connectivity index is 2.29. The second-order valence-corrected chi connectivity index (χ2v) is 11.5. The van der Waals surface area contributed by atoms with Gasteiger partial charge in [0.25, 0.3) is 0 Å². The maximum absolute atomic E-state index is 13.3. The van der Waals surface area contributed by atoms with Gasteiger partial charge in [-0.1, -0.05) is 23.7 Å². The number of nitrogens with zero attached hydrogens (tertiary/aromatic N) is 2. The quantitative estimate of drug-likeness (QED) is 0.559. The number of likely N-dealkylation sites (N-methyl/N-ethyl adjacent to an activating group) is 1. The lowest BCUT2D eigenvalue weighted by Crippen LogP contribution is -2.54. The van der Waals surface area contributed by atoms with Gasteiger partial charge in [0.1, 0.15) is 11.8 Å². The third-order valence-corrected chi connectivity index (χ3v) is 7.13. The molecule has 2 aromatic carbocycles. The van der Waals surface area contributed by atoms with E-state index in [1.54, 1.807) is 38.3 Å². The highest BCUT2D eigenvalue weighted by Crippen LogP contribution is 2.19. The Bertz CT molecular complexity index is 1100. The second-order valence-electron chi connectivity index (χ2n) is 9.00. The van der Waals surface area contributed by atoms with E-state index in [-0.39, 0.29) is 17.3 Å². The molecule has 0 aromatic heterocycles. The first kappa shape index (κ1) is 27.6. The van der Waals surface area contributed by atoms with Crippen LogP contribution in [0.4, 0.5) is 0 Å². The Morgan fingerprint density at radius 2 is 1.62 bits per heavy atom. The fourth-order valence-electron chi connectivity index (χ4n) is 3.14. The Morgan fingerprint density at radius 1 is 1.06 bits per heavy atom. The summed E-state index contributed by atoms with van der Waals surface area (Å²) in [5.74, 6) is -0.182. The standard InChI is InChI=1S/C24H32ClN3O5S/c1-17(23(30)26-24(2,3)4)28(15-18-7-11-20(33-6)12-8-18)22(29)16-27(5)34(31,32)21-13-9-19(25)10-14-21/h7-14,17H,15-16H2,1-6H3,(H,26,30)/t17-/m0/s1. The lowest BCUT2D eigenvalue weighted by Gasteiger charge is -2.32. The number of methoxy groups -OCH3 is 1. The maximum atomic E-state index is 13.3. The van der Waals surface area contributed by atoms with Crippen molar-refractivity contribution in [2.45, 2.75) is 50.7 Å². The first-order chi connectivity index (χ1) is 15.7. The summed E-state index contributed by atoms with van der Waals surface area (Å²) in [5, 5.41) is 3.28. The highest BCUT2D eigenvalue weighted by Gasteiger charge is 2.31. The van der Waals surface area contributed by atoms with E-state index in [2.05, 4.69) is 5.32 Å². The first-order valence-electron chi connectivity index (χ1n) is 10.7. The van der Waals surface area contributed by atoms with Crippen LogP contribution >= 0.6 is 11.6 Å². The molecule has 2 rings (SSSR count). The van der Waals surface area contributed by atoms with E-state index in [0.717, 1.165) is 9.87 Å². The summed E-state index contributed by atoms with van der Waals surface area (Å²) in [6, 6.07) is 12.0. The van der Waals surface area contributed by atoms with Gasteiger partial charge < -0.3 is 15.0 Å². The van der Waals surface area contributed by atoms with Gasteiger partial charge in [-0.15, -0.1) is 0 Å². The fraction of sp³-hybridized carbons (Fsp3) is 0.417. The number of ether oxygens (including phenoxy) is 1. The van der Waals surface area contributed by atoms with Crippen molar-refractivity contribution in [1.29, 1.82) is 0 Å². The van der Waals surface area contributed by atoms with Gasteiger partial charge in [0.15, 0.2) is 0 Å². The van der Waals surface area contributed by atoms with E-state index in [9.17, 15) is 18.0 Å². The van der Waals surface area contributed by atoms with E-state index in [1.807, 2.05) is 20.8 Å². The second kappa shape index (κ2) is 11.2. The van der Waals surface area contributed by atoms with Crippen molar-refractivity contribution in [3.8, 4) is 5.75 Å². The maximum Gasteiger partial charge on any atom is 0.243 e. The average Bonchev–Trinajstić information content (AvgIpc) is 2.76. The Morgan fingerprint density at radius 3 is 2.12 bits per heavy atom. The summed E-state index contributed by atoms with van der Waals surface area (Å²) in [4.78, 5) is 27.6. The molecule has 0 saturated carbocycles. The van der Waals surface area contributed by atoms with Crippen LogP contribution in [0.3, 0.4) is 0 Å². The Hall–Kier alpha value is -2.62. The molecule has 10 heteroatoms. The number of hydrogen-bond donors (Lipinski definition) is 1. The predicted octanol–water partition coefficient (Wildman–Crippen LogP) is 3.30. The predicted molar refractivity (Wildman–Crippen MR) is 132 cm³/mol. The SMILES string of the molecule is COc1ccc(CN(C(=O)CN(C)S(=O)(=O)c2ccc(Cl)cc2)[C@@H](C)C(=O)NC(C)(C)C)cc1. The molecule has 0 unspecified atom stereocenters. The molecule has 0 aliphatic heterocycles. The van der Waals surface area contributed by atoms with Crippen LogP contribution in [0.2, 0.25) is 5.02 Å². The van der Waals surface area contributed by atoms with Gasteiger partial charge in [-0.2, -0.15) is 4.31 Å². The highest BCUT2D eigenvalue weighted by atomic mass is 35.5. The monoisotopic (exact) mass is 509 g/mol. The molecule has 34 heavy (non-hydrogen) atoms. The summed E-state index contributed by atoms with van der Waals surface area (Å²) in [7, 11) is -1.05. The molecule has 0 aliphatic carbocycles. The number of nitrogens with one attached hydrogen (secondary N) is 1. The van der Waals surface area contributed by atoms with Gasteiger partial charge >= 0.3 is 0 Å². The van der Waals surface area contributed by atoms with Gasteiger partial charge in [0.2, 0.25) is 21.8 Å². The summed E-state index contributed by atoms with van der Waals surface area (Å²) < 4.78 is 32.0. The number of carbonyl (C=O) groups excluding carboxylic acids is 2. The minimum absolute atomic E-state index is 0.0208.